The molecule has 0 atom stereocenters. The molecule has 21 heavy (non-hydrogen) atoms. The van der Waals surface area contributed by atoms with Gasteiger partial charge in [-0.2, -0.15) is 0 Å². The molecule has 114 valence electrons. The van der Waals surface area contributed by atoms with Gasteiger partial charge < -0.3 is 11.1 Å². The molecule has 1 aromatic rings. The number of carbonyl (C=O) groups excluding carboxylic acids is 1. The monoisotopic (exact) mass is 309 g/mol. The first-order valence-corrected chi connectivity index (χ1v) is 7.49. The van der Waals surface area contributed by atoms with Gasteiger partial charge in [-0.25, -0.2) is 4.39 Å². The van der Waals surface area contributed by atoms with E-state index in [0.29, 0.717) is 17.1 Å². The molecule has 1 saturated heterocycles. The predicted molar refractivity (Wildman–Crippen MR) is 84.5 cm³/mol. The summed E-state index contributed by atoms with van der Waals surface area (Å²) in [4.78, 5) is 14.6. The minimum atomic E-state index is -0.334. The van der Waals surface area contributed by atoms with Gasteiger partial charge in [0, 0.05) is 25.7 Å². The molecule has 2 rings (SSSR count). The lowest BCUT2D eigenvalue weighted by atomic mass is 10.0. The Bertz CT molecular complexity index is 515. The standard InChI is InChI=1S/C15H20FN3OS/c16-13-4-2-1-3-11(13)9-15(20)18-12-5-7-19(8-6-12)10-14(17)21/h1-4,12H,5-10H2,(H2,17,21)(H,18,20). The van der Waals surface area contributed by atoms with Crippen LogP contribution in [-0.2, 0) is 11.2 Å². The molecule has 1 fully saturated rings. The zero-order valence-electron chi connectivity index (χ0n) is 11.8. The number of nitrogens with two attached hydrogens (primary N) is 1. The average Bonchev–Trinajstić information content (AvgIpc) is 2.43. The van der Waals surface area contributed by atoms with Gasteiger partial charge in [-0.05, 0) is 24.5 Å². The Morgan fingerprint density at radius 2 is 2.05 bits per heavy atom. The number of carbonyl (C=O) groups is 1. The number of hydrogen-bond donors (Lipinski definition) is 2. The number of rotatable bonds is 5. The number of halogens is 1. The van der Waals surface area contributed by atoms with E-state index in [2.05, 4.69) is 10.2 Å². The molecular weight excluding hydrogens is 289 g/mol. The van der Waals surface area contributed by atoms with Crippen LogP contribution in [0, 0.1) is 5.82 Å². The number of thiocarbonyl (C=S) groups is 1. The lowest BCUT2D eigenvalue weighted by Gasteiger charge is -2.32. The van der Waals surface area contributed by atoms with Crippen LogP contribution < -0.4 is 11.1 Å². The van der Waals surface area contributed by atoms with Gasteiger partial charge >= 0.3 is 0 Å². The third kappa shape index (κ3) is 5.06. The fourth-order valence-electron chi connectivity index (χ4n) is 2.55. The lowest BCUT2D eigenvalue weighted by Crippen LogP contribution is -2.46. The van der Waals surface area contributed by atoms with Gasteiger partial charge in [-0.3, -0.25) is 9.69 Å². The normalized spacial score (nSPS) is 16.6. The molecule has 0 spiro atoms. The second-order valence-electron chi connectivity index (χ2n) is 5.35. The zero-order chi connectivity index (χ0) is 15.2. The van der Waals surface area contributed by atoms with E-state index in [0.717, 1.165) is 25.9 Å². The van der Waals surface area contributed by atoms with Crippen LogP contribution in [0.5, 0.6) is 0 Å². The lowest BCUT2D eigenvalue weighted by molar-refractivity contribution is -0.121. The van der Waals surface area contributed by atoms with Crippen LogP contribution in [0.15, 0.2) is 24.3 Å². The summed E-state index contributed by atoms with van der Waals surface area (Å²) in [6, 6.07) is 6.51. The number of hydrogen-bond acceptors (Lipinski definition) is 3. The third-order valence-electron chi connectivity index (χ3n) is 3.64. The summed E-state index contributed by atoms with van der Waals surface area (Å²) in [5.74, 6) is -0.466. The van der Waals surface area contributed by atoms with Crippen molar-refractivity contribution in [2.45, 2.75) is 25.3 Å². The van der Waals surface area contributed by atoms with E-state index >= 15 is 0 Å². The Hall–Kier alpha value is -1.53. The molecule has 0 aliphatic carbocycles. The van der Waals surface area contributed by atoms with Crippen LogP contribution in [0.1, 0.15) is 18.4 Å². The van der Waals surface area contributed by atoms with Crippen molar-refractivity contribution in [1.29, 1.82) is 0 Å². The molecule has 0 unspecified atom stereocenters. The largest absolute Gasteiger partial charge is 0.392 e. The molecule has 0 bridgehead atoms. The van der Waals surface area contributed by atoms with Gasteiger partial charge in [0.15, 0.2) is 0 Å². The zero-order valence-corrected chi connectivity index (χ0v) is 12.7. The maximum Gasteiger partial charge on any atom is 0.224 e. The second kappa shape index (κ2) is 7.47. The van der Waals surface area contributed by atoms with Crippen LogP contribution in [0.2, 0.25) is 0 Å². The minimum Gasteiger partial charge on any atom is -0.392 e. The quantitative estimate of drug-likeness (QED) is 0.804. The molecule has 4 nitrogen and oxygen atoms in total. The summed E-state index contributed by atoms with van der Waals surface area (Å²) in [6.07, 6.45) is 1.82. The number of nitrogens with zero attached hydrogens (tertiary/aromatic N) is 1. The highest BCUT2D eigenvalue weighted by molar-refractivity contribution is 7.80. The summed E-state index contributed by atoms with van der Waals surface area (Å²) < 4.78 is 13.5. The van der Waals surface area contributed by atoms with Crippen molar-refractivity contribution in [1.82, 2.24) is 10.2 Å². The SMILES string of the molecule is NC(=S)CN1CCC(NC(=O)Cc2ccccc2F)CC1. The van der Waals surface area contributed by atoms with E-state index in [1.807, 2.05) is 0 Å². The van der Waals surface area contributed by atoms with Gasteiger partial charge in [-0.15, -0.1) is 0 Å². The Morgan fingerprint density at radius 1 is 1.38 bits per heavy atom. The second-order valence-corrected chi connectivity index (χ2v) is 5.88. The van der Waals surface area contributed by atoms with E-state index in [9.17, 15) is 9.18 Å². The van der Waals surface area contributed by atoms with E-state index in [1.54, 1.807) is 18.2 Å². The number of amides is 1. The number of nitrogens with one attached hydrogen (secondary N) is 1. The van der Waals surface area contributed by atoms with Crippen LogP contribution in [0.4, 0.5) is 4.39 Å². The minimum absolute atomic E-state index is 0.0831. The molecule has 1 aliphatic heterocycles. The maximum atomic E-state index is 13.5. The Morgan fingerprint density at radius 3 is 2.67 bits per heavy atom. The Kier molecular flexibility index (Phi) is 5.64. The van der Waals surface area contributed by atoms with Gasteiger partial charge in [-0.1, -0.05) is 30.4 Å². The summed E-state index contributed by atoms with van der Waals surface area (Å²) in [5, 5.41) is 2.97. The molecule has 0 aromatic heterocycles. The van der Waals surface area contributed by atoms with Gasteiger partial charge in [0.2, 0.25) is 5.91 Å². The van der Waals surface area contributed by atoms with Crippen molar-refractivity contribution < 1.29 is 9.18 Å². The van der Waals surface area contributed by atoms with Crippen LogP contribution in [0.25, 0.3) is 0 Å². The van der Waals surface area contributed by atoms with E-state index in [4.69, 9.17) is 18.0 Å². The van der Waals surface area contributed by atoms with Crippen molar-refractivity contribution in [2.24, 2.45) is 5.73 Å². The number of benzene rings is 1. The van der Waals surface area contributed by atoms with E-state index < -0.39 is 0 Å². The van der Waals surface area contributed by atoms with Crippen molar-refractivity contribution in [3.63, 3.8) is 0 Å². The first kappa shape index (κ1) is 15.9. The van der Waals surface area contributed by atoms with Gasteiger partial charge in [0.1, 0.15) is 5.82 Å². The number of likely N-dealkylation sites (tertiary alicyclic amines) is 1. The first-order chi connectivity index (χ1) is 10.0. The summed E-state index contributed by atoms with van der Waals surface area (Å²) in [7, 11) is 0. The Balaban J connectivity index is 1.77. The molecule has 1 aromatic carbocycles. The van der Waals surface area contributed by atoms with E-state index in [1.165, 1.54) is 6.07 Å². The smallest absolute Gasteiger partial charge is 0.224 e. The average molecular weight is 309 g/mol. The third-order valence-corrected chi connectivity index (χ3v) is 3.77. The van der Waals surface area contributed by atoms with Crippen LogP contribution >= 0.6 is 12.2 Å². The highest BCUT2D eigenvalue weighted by atomic mass is 32.1. The summed E-state index contributed by atoms with van der Waals surface area (Å²) >= 11 is 4.89. The molecule has 0 radical (unpaired) electrons. The topological polar surface area (TPSA) is 58.4 Å². The summed E-state index contributed by atoms with van der Waals surface area (Å²) in [5.41, 5.74) is 5.95. The predicted octanol–water partition coefficient (Wildman–Crippen LogP) is 1.23. The molecular formula is C15H20FN3OS. The van der Waals surface area contributed by atoms with Gasteiger partial charge in [0.25, 0.3) is 0 Å². The molecule has 1 heterocycles. The molecule has 0 saturated carbocycles. The molecule has 3 N–H and O–H groups in total. The van der Waals surface area contributed by atoms with Gasteiger partial charge in [0.05, 0.1) is 11.4 Å². The van der Waals surface area contributed by atoms with Crippen molar-refractivity contribution in [2.75, 3.05) is 19.6 Å². The molecule has 6 heteroatoms. The number of piperidine rings is 1. The van der Waals surface area contributed by atoms with Crippen molar-refractivity contribution in [3.8, 4) is 0 Å². The summed E-state index contributed by atoms with van der Waals surface area (Å²) in [6.45, 7) is 2.36. The van der Waals surface area contributed by atoms with Crippen molar-refractivity contribution in [3.05, 3.63) is 35.6 Å². The fraction of sp³-hybridized carbons (Fsp3) is 0.467. The highest BCUT2D eigenvalue weighted by Crippen LogP contribution is 2.11. The van der Waals surface area contributed by atoms with Crippen LogP contribution in [0.3, 0.4) is 0 Å². The molecule has 1 aliphatic rings. The van der Waals surface area contributed by atoms with E-state index in [-0.39, 0.29) is 24.2 Å². The maximum absolute atomic E-state index is 13.5. The first-order valence-electron chi connectivity index (χ1n) is 7.08. The Labute approximate surface area is 129 Å². The molecule has 1 amide bonds. The fourth-order valence-corrected chi connectivity index (χ4v) is 2.73. The van der Waals surface area contributed by atoms with Crippen LogP contribution in [-0.4, -0.2) is 41.5 Å². The highest BCUT2D eigenvalue weighted by Gasteiger charge is 2.21. The van der Waals surface area contributed by atoms with Crippen molar-refractivity contribution >= 4 is 23.1 Å².